The maximum absolute atomic E-state index is 11.5. The Morgan fingerprint density at radius 2 is 2.24 bits per heavy atom. The molecule has 1 atom stereocenters. The van der Waals surface area contributed by atoms with Crippen LogP contribution in [0, 0.1) is 0 Å². The molecule has 17 heavy (non-hydrogen) atoms. The first kappa shape index (κ1) is 13.2. The van der Waals surface area contributed by atoms with Gasteiger partial charge in [-0.3, -0.25) is 4.79 Å². The molecule has 1 amide bonds. The third-order valence-electron chi connectivity index (χ3n) is 2.17. The summed E-state index contributed by atoms with van der Waals surface area (Å²) in [6, 6.07) is 0.958. The maximum Gasteiger partial charge on any atom is 0.355 e. The molecule has 1 rings (SSSR count). The fraction of sp³-hybridized carbons (Fsp3) is 0.455. The van der Waals surface area contributed by atoms with E-state index in [1.54, 1.807) is 37.7 Å². The quantitative estimate of drug-likeness (QED) is 0.748. The van der Waals surface area contributed by atoms with Crippen LogP contribution >= 0.6 is 0 Å². The van der Waals surface area contributed by atoms with Crippen molar-refractivity contribution in [3.8, 4) is 0 Å². The summed E-state index contributed by atoms with van der Waals surface area (Å²) in [6.07, 6.45) is 1.63. The van der Waals surface area contributed by atoms with Gasteiger partial charge in [-0.2, -0.15) is 0 Å². The highest BCUT2D eigenvalue weighted by molar-refractivity contribution is 5.96. The van der Waals surface area contributed by atoms with Crippen LogP contribution < -0.4 is 11.1 Å². The first-order valence-corrected chi connectivity index (χ1v) is 5.35. The zero-order chi connectivity index (χ0) is 13.0. The third kappa shape index (κ3) is 3.32. The monoisotopic (exact) mass is 239 g/mol. The number of nitrogens with two attached hydrogens (primary N) is 1. The Bertz CT molecular complexity index is 424. The Morgan fingerprint density at radius 1 is 1.59 bits per heavy atom. The standard InChI is InChI=1S/C11H17N3O3/c1-4-17-11(16)9-5-8(6-14(9)3)13-10(15)7(2)12/h5-7H,4,12H2,1-3H3,(H,13,15)/t7-/m1/s1. The zero-order valence-electron chi connectivity index (χ0n) is 10.2. The number of amides is 1. The molecule has 1 aromatic rings. The molecule has 6 nitrogen and oxygen atoms in total. The number of nitrogens with one attached hydrogen (secondary N) is 1. The Balaban J connectivity index is 2.81. The van der Waals surface area contributed by atoms with Gasteiger partial charge in [-0.25, -0.2) is 4.79 Å². The summed E-state index contributed by atoms with van der Waals surface area (Å²) >= 11 is 0. The number of hydrogen-bond donors (Lipinski definition) is 2. The fourth-order valence-electron chi connectivity index (χ4n) is 1.30. The second-order valence-corrected chi connectivity index (χ2v) is 3.72. The molecular formula is C11H17N3O3. The van der Waals surface area contributed by atoms with Crippen molar-refractivity contribution in [2.24, 2.45) is 12.8 Å². The minimum Gasteiger partial charge on any atom is -0.461 e. The van der Waals surface area contributed by atoms with E-state index in [1.165, 1.54) is 0 Å². The zero-order valence-corrected chi connectivity index (χ0v) is 10.2. The normalized spacial score (nSPS) is 12.0. The van der Waals surface area contributed by atoms with E-state index >= 15 is 0 Å². The Kier molecular flexibility index (Phi) is 4.28. The van der Waals surface area contributed by atoms with E-state index < -0.39 is 12.0 Å². The highest BCUT2D eigenvalue weighted by atomic mass is 16.5. The molecule has 0 aliphatic rings. The van der Waals surface area contributed by atoms with Crippen LogP contribution in [0.1, 0.15) is 24.3 Å². The van der Waals surface area contributed by atoms with Gasteiger partial charge in [0.2, 0.25) is 5.91 Å². The van der Waals surface area contributed by atoms with Gasteiger partial charge >= 0.3 is 5.97 Å². The smallest absolute Gasteiger partial charge is 0.355 e. The molecule has 0 fully saturated rings. The lowest BCUT2D eigenvalue weighted by Gasteiger charge is -2.04. The molecule has 0 aromatic carbocycles. The van der Waals surface area contributed by atoms with Crippen molar-refractivity contribution in [1.29, 1.82) is 0 Å². The van der Waals surface area contributed by atoms with Crippen molar-refractivity contribution in [2.45, 2.75) is 19.9 Å². The summed E-state index contributed by atoms with van der Waals surface area (Å²) in [5, 5.41) is 2.61. The summed E-state index contributed by atoms with van der Waals surface area (Å²) in [7, 11) is 1.70. The van der Waals surface area contributed by atoms with Crippen molar-refractivity contribution in [1.82, 2.24) is 4.57 Å². The van der Waals surface area contributed by atoms with Crippen LogP contribution in [0.5, 0.6) is 0 Å². The molecule has 1 aromatic heterocycles. The van der Waals surface area contributed by atoms with Gasteiger partial charge in [0.25, 0.3) is 0 Å². The van der Waals surface area contributed by atoms with Crippen LogP contribution in [0.4, 0.5) is 5.69 Å². The SMILES string of the molecule is CCOC(=O)c1cc(NC(=O)[C@@H](C)N)cn1C. The third-order valence-corrected chi connectivity index (χ3v) is 2.17. The van der Waals surface area contributed by atoms with Gasteiger partial charge in [-0.15, -0.1) is 0 Å². The second-order valence-electron chi connectivity index (χ2n) is 3.72. The minimum atomic E-state index is -0.596. The number of aryl methyl sites for hydroxylation is 1. The first-order valence-electron chi connectivity index (χ1n) is 5.35. The van der Waals surface area contributed by atoms with E-state index in [0.29, 0.717) is 18.0 Å². The predicted molar refractivity (Wildman–Crippen MR) is 63.6 cm³/mol. The van der Waals surface area contributed by atoms with Crippen LogP contribution in [0.2, 0.25) is 0 Å². The number of carbonyl (C=O) groups excluding carboxylic acids is 2. The summed E-state index contributed by atoms with van der Waals surface area (Å²) in [6.45, 7) is 3.63. The molecule has 94 valence electrons. The number of carbonyl (C=O) groups is 2. The van der Waals surface area contributed by atoms with E-state index in [9.17, 15) is 9.59 Å². The lowest BCUT2D eigenvalue weighted by molar-refractivity contribution is -0.117. The number of ether oxygens (including phenoxy) is 1. The van der Waals surface area contributed by atoms with Crippen LogP contribution in [0.25, 0.3) is 0 Å². The van der Waals surface area contributed by atoms with Crippen molar-refractivity contribution in [3.63, 3.8) is 0 Å². The van der Waals surface area contributed by atoms with Crippen LogP contribution in [0.3, 0.4) is 0 Å². The molecule has 3 N–H and O–H groups in total. The minimum absolute atomic E-state index is 0.300. The first-order chi connectivity index (χ1) is 7.95. The summed E-state index contributed by atoms with van der Waals surface area (Å²) in [5.74, 6) is -0.720. The molecule has 0 saturated carbocycles. The van der Waals surface area contributed by atoms with E-state index in [-0.39, 0.29) is 5.91 Å². The van der Waals surface area contributed by atoms with Gasteiger partial charge in [0.05, 0.1) is 18.3 Å². The Morgan fingerprint density at radius 3 is 2.76 bits per heavy atom. The van der Waals surface area contributed by atoms with E-state index in [1.807, 2.05) is 0 Å². The fourth-order valence-corrected chi connectivity index (χ4v) is 1.30. The summed E-state index contributed by atoms with van der Waals surface area (Å²) < 4.78 is 6.47. The Hall–Kier alpha value is -1.82. The van der Waals surface area contributed by atoms with Gasteiger partial charge in [-0.05, 0) is 19.9 Å². The highest BCUT2D eigenvalue weighted by Crippen LogP contribution is 2.14. The van der Waals surface area contributed by atoms with Crippen LogP contribution in [-0.4, -0.2) is 29.1 Å². The molecular weight excluding hydrogens is 222 g/mol. The average Bonchev–Trinajstić information content (AvgIpc) is 2.59. The van der Waals surface area contributed by atoms with Gasteiger partial charge in [0, 0.05) is 13.2 Å². The second kappa shape index (κ2) is 5.49. The number of aromatic nitrogens is 1. The summed E-state index contributed by atoms with van der Waals surface area (Å²) in [5.41, 5.74) is 6.33. The number of rotatable bonds is 4. The molecule has 0 aliphatic heterocycles. The largest absolute Gasteiger partial charge is 0.461 e. The number of anilines is 1. The van der Waals surface area contributed by atoms with Gasteiger partial charge in [0.1, 0.15) is 5.69 Å². The number of hydrogen-bond acceptors (Lipinski definition) is 4. The van der Waals surface area contributed by atoms with E-state index in [4.69, 9.17) is 10.5 Å². The average molecular weight is 239 g/mol. The summed E-state index contributed by atoms with van der Waals surface area (Å²) in [4.78, 5) is 22.9. The van der Waals surface area contributed by atoms with E-state index in [0.717, 1.165) is 0 Å². The number of nitrogens with zero attached hydrogens (tertiary/aromatic N) is 1. The number of esters is 1. The lowest BCUT2D eigenvalue weighted by Crippen LogP contribution is -2.32. The molecule has 1 heterocycles. The highest BCUT2D eigenvalue weighted by Gasteiger charge is 2.15. The van der Waals surface area contributed by atoms with Crippen molar-refractivity contribution >= 4 is 17.6 Å². The van der Waals surface area contributed by atoms with E-state index in [2.05, 4.69) is 5.32 Å². The molecule has 0 aliphatic carbocycles. The van der Waals surface area contributed by atoms with Crippen molar-refractivity contribution in [2.75, 3.05) is 11.9 Å². The predicted octanol–water partition coefficient (Wildman–Crippen LogP) is 0.487. The van der Waals surface area contributed by atoms with Gasteiger partial charge in [-0.1, -0.05) is 0 Å². The molecule has 0 saturated heterocycles. The van der Waals surface area contributed by atoms with Gasteiger partial charge < -0.3 is 20.4 Å². The molecule has 0 unspecified atom stereocenters. The van der Waals surface area contributed by atoms with Gasteiger partial charge in [0.15, 0.2) is 0 Å². The molecule has 6 heteroatoms. The van der Waals surface area contributed by atoms with Crippen LogP contribution in [0.15, 0.2) is 12.3 Å². The molecule has 0 bridgehead atoms. The molecule has 0 radical (unpaired) electrons. The molecule has 0 spiro atoms. The lowest BCUT2D eigenvalue weighted by atomic mass is 10.3. The van der Waals surface area contributed by atoms with Crippen molar-refractivity contribution < 1.29 is 14.3 Å². The Labute approximate surface area is 99.7 Å². The van der Waals surface area contributed by atoms with Crippen molar-refractivity contribution in [3.05, 3.63) is 18.0 Å². The topological polar surface area (TPSA) is 86.3 Å². The van der Waals surface area contributed by atoms with Crippen LogP contribution in [-0.2, 0) is 16.6 Å². The maximum atomic E-state index is 11.5.